The summed E-state index contributed by atoms with van der Waals surface area (Å²) in [5.74, 6) is 8.68. The van der Waals surface area contributed by atoms with Gasteiger partial charge in [-0.05, 0) is 112 Å². The van der Waals surface area contributed by atoms with Gasteiger partial charge in [0.25, 0.3) is 5.84 Å². The van der Waals surface area contributed by atoms with Crippen molar-refractivity contribution in [3.05, 3.63) is 92.8 Å². The Hall–Kier alpha value is -6.39. The largest absolute Gasteiger partial charge is 2.00 e. The summed E-state index contributed by atoms with van der Waals surface area (Å²) in [5.41, 5.74) is 6.16. The van der Waals surface area contributed by atoms with E-state index in [4.69, 9.17) is 58.4 Å². The number of fused-ring (bicyclic) bond motifs is 4. The molecule has 3 aliphatic heterocycles. The normalized spacial score (nSPS) is 14.9. The Morgan fingerprint density at radius 1 is 0.388 bits per heavy atom. The van der Waals surface area contributed by atoms with Crippen molar-refractivity contribution in [3.63, 3.8) is 0 Å². The van der Waals surface area contributed by atoms with Gasteiger partial charge in [0.2, 0.25) is 5.82 Å². The third-order valence-corrected chi connectivity index (χ3v) is 15.3. The average molecular weight is 1170 g/mol. The molecule has 4 heterocycles. The van der Waals surface area contributed by atoms with Gasteiger partial charge in [-0.15, -0.1) is 0 Å². The molecule has 3 aliphatic rings. The molecule has 0 spiro atoms. The fraction of sp³-hybridized carbons (Fsp3) is 0.536. The number of hydrogen-bond donors (Lipinski definition) is 2. The Balaban J connectivity index is 0.0000104. The maximum Gasteiger partial charge on any atom is 2.00 e. The summed E-state index contributed by atoms with van der Waals surface area (Å²) in [5, 5.41) is 6.59. The SMILES string of the molecule is CCCCCOc1cc2c(cc1C)C(N=C1[N-]C(=NC)c3cc(OCCCCC)c(OCCCCC)cc31)=[NH+]/C2=N\c1[n-]c(/N=C2\[NH+]=Cc3cc(OCCCCC)c(OCCCCC)cc32)c2cc(OCCCCC)c(OCCCCC)cc12.[Mg+2]. The van der Waals surface area contributed by atoms with Crippen LogP contribution in [0, 0.1) is 6.92 Å². The van der Waals surface area contributed by atoms with E-state index in [0.29, 0.717) is 116 Å². The first kappa shape index (κ1) is 66.1. The first-order valence-corrected chi connectivity index (χ1v) is 32.0. The summed E-state index contributed by atoms with van der Waals surface area (Å²) in [7, 11) is 1.76. The topological polar surface area (TPSA) is 170 Å². The minimum absolute atomic E-state index is 0. The minimum Gasteiger partial charge on any atom is -0.493 e. The third-order valence-electron chi connectivity index (χ3n) is 15.3. The van der Waals surface area contributed by atoms with Gasteiger partial charge in [-0.2, -0.15) is 0 Å². The van der Waals surface area contributed by atoms with Crippen LogP contribution in [0.2, 0.25) is 0 Å². The number of unbranched alkanes of at least 4 members (excludes halogenated alkanes) is 14. The minimum atomic E-state index is 0. The second kappa shape index (κ2) is 34.7. The van der Waals surface area contributed by atoms with Crippen LogP contribution in [-0.2, 0) is 0 Å². The second-order valence-electron chi connectivity index (χ2n) is 22.2. The average Bonchev–Trinajstić information content (AvgIpc) is 2.25. The quantitative estimate of drug-likeness (QED) is 0.0292. The fourth-order valence-electron chi connectivity index (χ4n) is 10.3. The number of hydrogen-bond acceptors (Lipinski definition) is 11. The molecule has 1 aromatic heterocycles. The number of nitrogens with zero attached hydrogens (tertiary/aromatic N) is 6. The summed E-state index contributed by atoms with van der Waals surface area (Å²) in [6, 6.07) is 16.4. The Morgan fingerprint density at radius 3 is 1.20 bits per heavy atom. The fourth-order valence-corrected chi connectivity index (χ4v) is 10.3. The van der Waals surface area contributed by atoms with E-state index >= 15 is 0 Å². The van der Waals surface area contributed by atoms with Gasteiger partial charge < -0.3 is 53.4 Å². The van der Waals surface area contributed by atoms with Crippen LogP contribution in [0.4, 0.5) is 11.6 Å². The standard InChI is InChI=1S/C69H92N8O7.Mg/c1-10-17-24-31-78-56-41-52-50(38-47(56)8)65(74-66-53-43-60(82-35-28-21-14-5)59(81-34-27-20-13-4)42-51(53)63(70-9)72-66)75-68(52)77-69-55-45-62(84-37-30-23-16-7)61(83-36-29-22-15-6)44-54(55)67(76-69)73-64-49-40-58(80-33-26-19-12-3)57(39-48(49)46-71-64)79-32-25-18-11-2;/h38-46H,10-37H2,1-9H3;/q-2;+2/p+2/b73-64-;. The predicted molar refractivity (Wildman–Crippen MR) is 348 cm³/mol. The number of amidine groups is 5. The van der Waals surface area contributed by atoms with E-state index in [-0.39, 0.29) is 23.1 Å². The monoisotopic (exact) mass is 1170 g/mol. The van der Waals surface area contributed by atoms with Crippen LogP contribution in [0.3, 0.4) is 0 Å². The van der Waals surface area contributed by atoms with E-state index in [1.165, 1.54) is 0 Å². The van der Waals surface area contributed by atoms with Crippen LogP contribution >= 0.6 is 0 Å². The van der Waals surface area contributed by atoms with E-state index in [0.717, 1.165) is 196 Å². The zero-order valence-corrected chi connectivity index (χ0v) is 54.2. The molecule has 0 saturated carbocycles. The molecule has 452 valence electrons. The van der Waals surface area contributed by atoms with Crippen LogP contribution in [0.15, 0.2) is 68.5 Å². The predicted octanol–water partition coefficient (Wildman–Crippen LogP) is 13.4. The molecule has 15 nitrogen and oxygen atoms in total. The summed E-state index contributed by atoms with van der Waals surface area (Å²) < 4.78 is 45.5. The molecule has 0 amide bonds. The second-order valence-corrected chi connectivity index (χ2v) is 22.2. The van der Waals surface area contributed by atoms with Crippen molar-refractivity contribution in [1.29, 1.82) is 0 Å². The zero-order valence-electron chi connectivity index (χ0n) is 52.7. The molecule has 0 unspecified atom stereocenters. The number of benzene rings is 4. The molecule has 0 fully saturated rings. The zero-order chi connectivity index (χ0) is 59.0. The smallest absolute Gasteiger partial charge is 0.493 e. The molecule has 16 heteroatoms. The van der Waals surface area contributed by atoms with Gasteiger partial charge >= 0.3 is 28.9 Å². The maximum absolute atomic E-state index is 6.62. The molecule has 0 aliphatic carbocycles. The van der Waals surface area contributed by atoms with Crippen LogP contribution in [0.1, 0.15) is 222 Å². The molecule has 85 heavy (non-hydrogen) atoms. The molecule has 5 aromatic rings. The molecule has 4 aromatic carbocycles. The van der Waals surface area contributed by atoms with E-state index < -0.39 is 0 Å². The first-order valence-electron chi connectivity index (χ1n) is 32.0. The Bertz CT molecular complexity index is 3180. The summed E-state index contributed by atoms with van der Waals surface area (Å²) in [4.78, 5) is 33.3. The van der Waals surface area contributed by atoms with Crippen molar-refractivity contribution in [2.75, 3.05) is 53.3 Å². The van der Waals surface area contributed by atoms with Crippen LogP contribution in [0.25, 0.3) is 16.1 Å². The van der Waals surface area contributed by atoms with Crippen molar-refractivity contribution >= 4 is 80.9 Å². The molecule has 8 rings (SSSR count). The molecule has 0 atom stereocenters. The number of nitrogens with one attached hydrogen (secondary N) is 2. The molecular formula is C69H94MgN8O7+2. The summed E-state index contributed by atoms with van der Waals surface area (Å²) in [6.07, 6.45) is 23.9. The van der Waals surface area contributed by atoms with Crippen molar-refractivity contribution in [3.8, 4) is 40.2 Å². The first-order chi connectivity index (χ1) is 41.2. The van der Waals surface area contributed by atoms with Gasteiger partial charge in [0.05, 0.1) is 63.6 Å². The molecule has 2 N–H and O–H groups in total. The van der Waals surface area contributed by atoms with E-state index in [1.807, 2.05) is 30.5 Å². The van der Waals surface area contributed by atoms with Crippen LogP contribution in [0.5, 0.6) is 40.2 Å². The number of ether oxygens (including phenoxy) is 7. The van der Waals surface area contributed by atoms with Crippen molar-refractivity contribution < 1.29 is 43.1 Å². The van der Waals surface area contributed by atoms with E-state index in [2.05, 4.69) is 94.6 Å². The van der Waals surface area contributed by atoms with E-state index in [1.54, 1.807) is 7.05 Å². The van der Waals surface area contributed by atoms with Gasteiger partial charge in [-0.1, -0.05) is 143 Å². The number of aromatic nitrogens is 1. The van der Waals surface area contributed by atoms with Gasteiger partial charge in [-0.3, -0.25) is 4.99 Å². The van der Waals surface area contributed by atoms with Gasteiger partial charge in [0.15, 0.2) is 40.3 Å². The number of aryl methyl sites for hydroxylation is 1. The molecule has 0 saturated heterocycles. The number of aliphatic imine (C=N–C) groups is 4. The van der Waals surface area contributed by atoms with Crippen molar-refractivity contribution in [2.45, 2.75) is 190 Å². The van der Waals surface area contributed by atoms with Crippen molar-refractivity contribution in [2.24, 2.45) is 20.0 Å². The molecule has 0 bridgehead atoms. The Morgan fingerprint density at radius 2 is 0.765 bits per heavy atom. The molecular weight excluding hydrogens is 1080 g/mol. The number of rotatable bonds is 37. The van der Waals surface area contributed by atoms with Gasteiger partial charge in [0, 0.05) is 50.7 Å². The summed E-state index contributed by atoms with van der Waals surface area (Å²) >= 11 is 0. The van der Waals surface area contributed by atoms with Crippen LogP contribution < -0.4 is 48.1 Å². The van der Waals surface area contributed by atoms with Crippen LogP contribution in [-0.4, -0.2) is 112 Å². The van der Waals surface area contributed by atoms with Gasteiger partial charge in [-0.25, -0.2) is 4.99 Å². The Labute approximate surface area is 522 Å². The summed E-state index contributed by atoms with van der Waals surface area (Å²) in [6.45, 7) is 21.6. The van der Waals surface area contributed by atoms with Gasteiger partial charge in [0.1, 0.15) is 11.6 Å². The Kier molecular flexibility index (Phi) is 27.0. The van der Waals surface area contributed by atoms with E-state index in [9.17, 15) is 0 Å². The third kappa shape index (κ3) is 17.6. The maximum atomic E-state index is 6.62. The van der Waals surface area contributed by atoms with Crippen molar-refractivity contribution in [1.82, 2.24) is 4.98 Å². The molecule has 0 radical (unpaired) electrons.